The van der Waals surface area contributed by atoms with Crippen molar-refractivity contribution in [2.45, 2.75) is 18.6 Å². The Morgan fingerprint density at radius 2 is 2.29 bits per heavy atom. The highest BCUT2D eigenvalue weighted by Crippen LogP contribution is 2.27. The van der Waals surface area contributed by atoms with E-state index in [-0.39, 0.29) is 18.1 Å². The zero-order chi connectivity index (χ0) is 14.8. The maximum Gasteiger partial charge on any atom is 0.269 e. The van der Waals surface area contributed by atoms with E-state index in [1.807, 2.05) is 24.3 Å². The maximum atomic E-state index is 12.4. The second-order valence-corrected chi connectivity index (χ2v) is 5.46. The first kappa shape index (κ1) is 14.4. The van der Waals surface area contributed by atoms with Crippen molar-refractivity contribution in [1.82, 2.24) is 10.3 Å². The van der Waals surface area contributed by atoms with E-state index in [4.69, 9.17) is 21.1 Å². The first-order chi connectivity index (χ1) is 10.2. The molecule has 1 saturated heterocycles. The molecule has 2 atom stereocenters. The van der Waals surface area contributed by atoms with Gasteiger partial charge in [0.05, 0.1) is 23.8 Å². The summed E-state index contributed by atoms with van der Waals surface area (Å²) in [6.07, 6.45) is 0.730. The zero-order valence-electron chi connectivity index (χ0n) is 11.7. The quantitative estimate of drug-likeness (QED) is 0.915. The van der Waals surface area contributed by atoms with Crippen molar-refractivity contribution in [3.8, 4) is 0 Å². The number of ether oxygens (including phenoxy) is 2. The van der Waals surface area contributed by atoms with E-state index in [1.165, 1.54) is 0 Å². The first-order valence-corrected chi connectivity index (χ1v) is 7.26. The fourth-order valence-electron chi connectivity index (χ4n) is 2.64. The molecule has 1 aromatic heterocycles. The summed E-state index contributed by atoms with van der Waals surface area (Å²) in [5.41, 5.74) is 1.22. The molecule has 0 saturated carbocycles. The largest absolute Gasteiger partial charge is 0.379 e. The van der Waals surface area contributed by atoms with E-state index in [0.29, 0.717) is 23.9 Å². The van der Waals surface area contributed by atoms with Gasteiger partial charge in [-0.1, -0.05) is 29.8 Å². The molecule has 1 amide bonds. The Balaban J connectivity index is 1.82. The number of H-pyrrole nitrogens is 1. The van der Waals surface area contributed by atoms with Crippen LogP contribution in [0.5, 0.6) is 0 Å². The van der Waals surface area contributed by atoms with E-state index >= 15 is 0 Å². The number of aromatic nitrogens is 1. The third kappa shape index (κ3) is 2.77. The number of para-hydroxylation sites is 1. The number of hydrogen-bond donors (Lipinski definition) is 2. The molecule has 2 aromatic rings. The lowest BCUT2D eigenvalue weighted by Crippen LogP contribution is -2.50. The van der Waals surface area contributed by atoms with E-state index < -0.39 is 0 Å². The zero-order valence-corrected chi connectivity index (χ0v) is 12.4. The van der Waals surface area contributed by atoms with Crippen LogP contribution in [0, 0.1) is 0 Å². The molecule has 1 aromatic carbocycles. The summed E-state index contributed by atoms with van der Waals surface area (Å²) >= 11 is 6.29. The average molecular weight is 309 g/mol. The molecule has 0 aliphatic carbocycles. The minimum atomic E-state index is -0.242. The van der Waals surface area contributed by atoms with Gasteiger partial charge in [0.2, 0.25) is 0 Å². The molecule has 0 spiro atoms. The van der Waals surface area contributed by atoms with Gasteiger partial charge in [-0.2, -0.15) is 0 Å². The molecule has 6 heteroatoms. The number of fused-ring (bicyclic) bond motifs is 1. The highest BCUT2D eigenvalue weighted by Gasteiger charge is 2.28. The smallest absolute Gasteiger partial charge is 0.269 e. The minimum Gasteiger partial charge on any atom is -0.379 e. The van der Waals surface area contributed by atoms with E-state index in [1.54, 1.807) is 7.11 Å². The van der Waals surface area contributed by atoms with Gasteiger partial charge in [0.15, 0.2) is 0 Å². The van der Waals surface area contributed by atoms with Crippen molar-refractivity contribution in [2.75, 3.05) is 20.3 Å². The Morgan fingerprint density at radius 1 is 1.48 bits per heavy atom. The number of rotatable bonds is 3. The van der Waals surface area contributed by atoms with Gasteiger partial charge in [0, 0.05) is 24.6 Å². The summed E-state index contributed by atoms with van der Waals surface area (Å²) in [5.74, 6) is -0.242. The molecule has 112 valence electrons. The number of halogens is 1. The van der Waals surface area contributed by atoms with Gasteiger partial charge in [-0.3, -0.25) is 4.79 Å². The summed E-state index contributed by atoms with van der Waals surface area (Å²) in [7, 11) is 1.64. The minimum absolute atomic E-state index is 0.0362. The summed E-state index contributed by atoms with van der Waals surface area (Å²) in [5, 5.41) is 4.21. The fraction of sp³-hybridized carbons (Fsp3) is 0.400. The number of hydrogen-bond acceptors (Lipinski definition) is 3. The van der Waals surface area contributed by atoms with Crippen LogP contribution in [0.4, 0.5) is 0 Å². The van der Waals surface area contributed by atoms with E-state index in [2.05, 4.69) is 10.3 Å². The second kappa shape index (κ2) is 6.05. The third-order valence-corrected chi connectivity index (χ3v) is 4.17. The molecule has 0 bridgehead atoms. The monoisotopic (exact) mass is 308 g/mol. The molecule has 0 radical (unpaired) electrons. The highest BCUT2D eigenvalue weighted by molar-refractivity contribution is 6.38. The topological polar surface area (TPSA) is 63.4 Å². The number of benzene rings is 1. The molecule has 2 heterocycles. The molecule has 0 unspecified atom stereocenters. The van der Waals surface area contributed by atoms with Gasteiger partial charge >= 0.3 is 0 Å². The molecule has 21 heavy (non-hydrogen) atoms. The second-order valence-electron chi connectivity index (χ2n) is 5.08. The van der Waals surface area contributed by atoms with Crippen molar-refractivity contribution in [3.63, 3.8) is 0 Å². The van der Waals surface area contributed by atoms with Crippen molar-refractivity contribution in [3.05, 3.63) is 35.0 Å². The SMILES string of the molecule is CO[C@@H]1CCOC[C@H]1NC(=O)c1[nH]c2ccccc2c1Cl. The van der Waals surface area contributed by atoms with E-state index in [9.17, 15) is 4.79 Å². The normalized spacial score (nSPS) is 22.4. The van der Waals surface area contributed by atoms with Crippen LogP contribution >= 0.6 is 11.6 Å². The predicted molar refractivity (Wildman–Crippen MR) is 80.8 cm³/mol. The Morgan fingerprint density at radius 3 is 3.05 bits per heavy atom. The highest BCUT2D eigenvalue weighted by atomic mass is 35.5. The molecular formula is C15H17ClN2O3. The fourth-order valence-corrected chi connectivity index (χ4v) is 2.94. The first-order valence-electron chi connectivity index (χ1n) is 6.88. The molecule has 1 aliphatic rings. The summed E-state index contributed by atoms with van der Waals surface area (Å²) in [6.45, 7) is 1.10. The number of aromatic amines is 1. The average Bonchev–Trinajstić information content (AvgIpc) is 2.85. The van der Waals surface area contributed by atoms with Gasteiger partial charge in [0.25, 0.3) is 5.91 Å². The Hall–Kier alpha value is -1.56. The Labute approximate surface area is 127 Å². The van der Waals surface area contributed by atoms with E-state index in [0.717, 1.165) is 17.3 Å². The lowest BCUT2D eigenvalue weighted by Gasteiger charge is -2.30. The van der Waals surface area contributed by atoms with Crippen molar-refractivity contribution in [2.24, 2.45) is 0 Å². The lowest BCUT2D eigenvalue weighted by molar-refractivity contribution is -0.0349. The maximum absolute atomic E-state index is 12.4. The predicted octanol–water partition coefficient (Wildman–Crippen LogP) is 2.35. The lowest BCUT2D eigenvalue weighted by atomic mass is 10.1. The van der Waals surface area contributed by atoms with Crippen LogP contribution in [0.15, 0.2) is 24.3 Å². The third-order valence-electron chi connectivity index (χ3n) is 3.78. The molecule has 3 rings (SSSR count). The van der Waals surface area contributed by atoms with Gasteiger partial charge in [-0.05, 0) is 12.5 Å². The van der Waals surface area contributed by atoms with Crippen LogP contribution in [0.25, 0.3) is 10.9 Å². The van der Waals surface area contributed by atoms with Crippen molar-refractivity contribution < 1.29 is 14.3 Å². The van der Waals surface area contributed by atoms with Gasteiger partial charge < -0.3 is 19.8 Å². The number of carbonyl (C=O) groups excluding carboxylic acids is 1. The van der Waals surface area contributed by atoms with Crippen molar-refractivity contribution >= 4 is 28.4 Å². The van der Waals surface area contributed by atoms with Gasteiger partial charge in [0.1, 0.15) is 5.69 Å². The van der Waals surface area contributed by atoms with Crippen LogP contribution in [0.3, 0.4) is 0 Å². The Bertz CT molecular complexity index is 655. The number of amides is 1. The van der Waals surface area contributed by atoms with Gasteiger partial charge in [-0.15, -0.1) is 0 Å². The van der Waals surface area contributed by atoms with Crippen LogP contribution in [0.1, 0.15) is 16.9 Å². The van der Waals surface area contributed by atoms with Crippen LogP contribution in [0.2, 0.25) is 5.02 Å². The molecule has 1 fully saturated rings. The molecule has 5 nitrogen and oxygen atoms in total. The summed E-state index contributed by atoms with van der Waals surface area (Å²) < 4.78 is 10.8. The molecular weight excluding hydrogens is 292 g/mol. The van der Waals surface area contributed by atoms with Gasteiger partial charge in [-0.25, -0.2) is 0 Å². The summed E-state index contributed by atoms with van der Waals surface area (Å²) in [6, 6.07) is 7.39. The molecule has 1 aliphatic heterocycles. The summed E-state index contributed by atoms with van der Waals surface area (Å²) in [4.78, 5) is 15.5. The number of carbonyl (C=O) groups is 1. The van der Waals surface area contributed by atoms with Crippen molar-refractivity contribution in [1.29, 1.82) is 0 Å². The molecule has 2 N–H and O–H groups in total. The number of methoxy groups -OCH3 is 1. The number of nitrogens with one attached hydrogen (secondary N) is 2. The standard InChI is InChI=1S/C15H17ClN2O3/c1-20-12-6-7-21-8-11(12)18-15(19)14-13(16)9-4-2-3-5-10(9)17-14/h2-5,11-12,17H,6-8H2,1H3,(H,18,19)/t11-,12-/m1/s1. The van der Waals surface area contributed by atoms with Crippen LogP contribution < -0.4 is 5.32 Å². The Kier molecular flexibility index (Phi) is 4.14. The van der Waals surface area contributed by atoms with Crippen LogP contribution in [-0.2, 0) is 9.47 Å². The van der Waals surface area contributed by atoms with Crippen LogP contribution in [-0.4, -0.2) is 43.4 Å².